The first-order chi connectivity index (χ1) is 11.9. The smallest absolute Gasteiger partial charge is 0.262 e. The minimum absolute atomic E-state index is 0. The zero-order chi connectivity index (χ0) is 17.7. The summed E-state index contributed by atoms with van der Waals surface area (Å²) in [7, 11) is 0. The van der Waals surface area contributed by atoms with Crippen molar-refractivity contribution < 1.29 is 14.4 Å². The maximum absolute atomic E-state index is 12.7. The summed E-state index contributed by atoms with van der Waals surface area (Å²) in [5.74, 6) is -1.01. The number of rotatable bonds is 3. The highest BCUT2D eigenvalue weighted by molar-refractivity contribution is 6.22. The SMILES string of the molecule is Cc1ccc2c(c1)C(=O)N(C(C)C(=O)NC1CC3CCC(C1)N3)C2=O.Cl. The van der Waals surface area contributed by atoms with E-state index in [-0.39, 0.29) is 36.2 Å². The lowest BCUT2D eigenvalue weighted by Crippen LogP contribution is -2.53. The number of halogens is 1. The first kappa shape index (κ1) is 18.9. The van der Waals surface area contributed by atoms with E-state index in [0.29, 0.717) is 23.2 Å². The molecule has 3 aliphatic heterocycles. The lowest BCUT2D eigenvalue weighted by atomic mass is 9.99. The van der Waals surface area contributed by atoms with Gasteiger partial charge in [-0.3, -0.25) is 19.3 Å². The number of carbonyl (C=O) groups is 3. The van der Waals surface area contributed by atoms with Crippen LogP contribution in [0.1, 0.15) is 58.9 Å². The Labute approximate surface area is 159 Å². The molecule has 7 heteroatoms. The van der Waals surface area contributed by atoms with E-state index in [1.54, 1.807) is 19.1 Å². The molecule has 0 spiro atoms. The van der Waals surface area contributed by atoms with Gasteiger partial charge in [0, 0.05) is 18.1 Å². The Morgan fingerprint density at radius 2 is 1.77 bits per heavy atom. The number of imide groups is 1. The van der Waals surface area contributed by atoms with Gasteiger partial charge in [-0.05, 0) is 51.7 Å². The Kier molecular flexibility index (Phi) is 5.08. The first-order valence-corrected chi connectivity index (χ1v) is 8.99. The van der Waals surface area contributed by atoms with E-state index in [4.69, 9.17) is 0 Å². The molecule has 0 radical (unpaired) electrons. The molecule has 3 amide bonds. The zero-order valence-corrected chi connectivity index (χ0v) is 15.8. The summed E-state index contributed by atoms with van der Waals surface area (Å²) in [5, 5.41) is 6.59. The fraction of sp³-hybridized carbons (Fsp3) is 0.526. The summed E-state index contributed by atoms with van der Waals surface area (Å²) in [5.41, 5.74) is 1.70. The summed E-state index contributed by atoms with van der Waals surface area (Å²) in [6, 6.07) is 5.45. The molecule has 140 valence electrons. The molecule has 3 aliphatic rings. The van der Waals surface area contributed by atoms with E-state index in [9.17, 15) is 14.4 Å². The van der Waals surface area contributed by atoms with Crippen LogP contribution in [0.5, 0.6) is 0 Å². The Morgan fingerprint density at radius 1 is 1.15 bits per heavy atom. The van der Waals surface area contributed by atoms with Crippen molar-refractivity contribution in [1.29, 1.82) is 0 Å². The van der Waals surface area contributed by atoms with Gasteiger partial charge in [-0.2, -0.15) is 0 Å². The molecule has 26 heavy (non-hydrogen) atoms. The van der Waals surface area contributed by atoms with E-state index >= 15 is 0 Å². The number of nitrogens with one attached hydrogen (secondary N) is 2. The molecule has 0 aliphatic carbocycles. The standard InChI is InChI=1S/C19H23N3O3.ClH/c1-10-3-6-15-16(7-10)19(25)22(18(15)24)11(2)17(23)21-14-8-12-4-5-13(9-14)20-12;/h3,6-7,11-14,20H,4-5,8-9H2,1-2H3,(H,21,23);1H. The van der Waals surface area contributed by atoms with Gasteiger partial charge in [0.2, 0.25) is 5.91 Å². The Morgan fingerprint density at radius 3 is 2.42 bits per heavy atom. The predicted molar refractivity (Wildman–Crippen MR) is 99.5 cm³/mol. The van der Waals surface area contributed by atoms with Crippen molar-refractivity contribution in [1.82, 2.24) is 15.5 Å². The second-order valence-corrected chi connectivity index (χ2v) is 7.52. The van der Waals surface area contributed by atoms with E-state index in [0.717, 1.165) is 36.1 Å². The van der Waals surface area contributed by atoms with Crippen molar-refractivity contribution in [2.75, 3.05) is 0 Å². The maximum atomic E-state index is 12.7. The van der Waals surface area contributed by atoms with Crippen molar-refractivity contribution in [3.63, 3.8) is 0 Å². The van der Waals surface area contributed by atoms with Crippen LogP contribution in [0.15, 0.2) is 18.2 Å². The molecular formula is C19H24ClN3O3. The number of fused-ring (bicyclic) bond motifs is 3. The molecule has 1 aromatic rings. The zero-order valence-electron chi connectivity index (χ0n) is 15.0. The molecule has 1 aromatic carbocycles. The normalized spacial score (nSPS) is 27.8. The summed E-state index contributed by atoms with van der Waals surface area (Å²) < 4.78 is 0. The predicted octanol–water partition coefficient (Wildman–Crippen LogP) is 1.80. The fourth-order valence-electron chi connectivity index (χ4n) is 4.34. The van der Waals surface area contributed by atoms with Crippen molar-refractivity contribution in [3.8, 4) is 0 Å². The van der Waals surface area contributed by atoms with Gasteiger partial charge in [-0.25, -0.2) is 0 Å². The summed E-state index contributed by atoms with van der Waals surface area (Å²) in [6.45, 7) is 3.50. The van der Waals surface area contributed by atoms with E-state index in [1.807, 2.05) is 13.0 Å². The maximum Gasteiger partial charge on any atom is 0.262 e. The quantitative estimate of drug-likeness (QED) is 0.787. The fourth-order valence-corrected chi connectivity index (χ4v) is 4.34. The van der Waals surface area contributed by atoms with Gasteiger partial charge in [0.05, 0.1) is 11.1 Å². The molecule has 2 bridgehead atoms. The topological polar surface area (TPSA) is 78.5 Å². The lowest BCUT2D eigenvalue weighted by Gasteiger charge is -2.31. The molecule has 3 unspecified atom stereocenters. The average Bonchev–Trinajstić information content (AvgIpc) is 3.04. The van der Waals surface area contributed by atoms with Crippen LogP contribution >= 0.6 is 12.4 Å². The molecule has 0 aromatic heterocycles. The van der Waals surface area contributed by atoms with E-state index < -0.39 is 6.04 Å². The van der Waals surface area contributed by atoms with Crippen LogP contribution in [0.2, 0.25) is 0 Å². The van der Waals surface area contributed by atoms with Crippen LogP contribution in [0.3, 0.4) is 0 Å². The molecule has 2 N–H and O–H groups in total. The van der Waals surface area contributed by atoms with Gasteiger partial charge in [0.25, 0.3) is 11.8 Å². The van der Waals surface area contributed by atoms with E-state index in [2.05, 4.69) is 10.6 Å². The molecule has 3 atom stereocenters. The lowest BCUT2D eigenvalue weighted by molar-refractivity contribution is -0.125. The molecular weight excluding hydrogens is 354 g/mol. The summed E-state index contributed by atoms with van der Waals surface area (Å²) in [4.78, 5) is 39.0. The largest absolute Gasteiger partial charge is 0.351 e. The van der Waals surface area contributed by atoms with Crippen LogP contribution in [0.4, 0.5) is 0 Å². The monoisotopic (exact) mass is 377 g/mol. The van der Waals surface area contributed by atoms with Crippen LogP contribution in [0, 0.1) is 6.92 Å². The van der Waals surface area contributed by atoms with Crippen LogP contribution in [0.25, 0.3) is 0 Å². The van der Waals surface area contributed by atoms with Gasteiger partial charge in [0.15, 0.2) is 0 Å². The first-order valence-electron chi connectivity index (χ1n) is 8.99. The number of hydrogen-bond donors (Lipinski definition) is 2. The minimum Gasteiger partial charge on any atom is -0.351 e. The summed E-state index contributed by atoms with van der Waals surface area (Å²) >= 11 is 0. The number of benzene rings is 1. The molecule has 0 saturated carbocycles. The highest BCUT2D eigenvalue weighted by Gasteiger charge is 2.42. The molecule has 2 fully saturated rings. The van der Waals surface area contributed by atoms with Gasteiger partial charge >= 0.3 is 0 Å². The average molecular weight is 378 g/mol. The second-order valence-electron chi connectivity index (χ2n) is 7.52. The number of piperidine rings is 1. The molecule has 6 nitrogen and oxygen atoms in total. The molecule has 2 saturated heterocycles. The number of aryl methyl sites for hydroxylation is 1. The van der Waals surface area contributed by atoms with Gasteiger partial charge < -0.3 is 10.6 Å². The van der Waals surface area contributed by atoms with Gasteiger partial charge in [0.1, 0.15) is 6.04 Å². The van der Waals surface area contributed by atoms with Crippen molar-refractivity contribution in [2.45, 2.75) is 63.7 Å². The van der Waals surface area contributed by atoms with Crippen LogP contribution in [-0.2, 0) is 4.79 Å². The Balaban J connectivity index is 0.00000196. The third-order valence-corrected chi connectivity index (χ3v) is 5.66. The number of carbonyl (C=O) groups excluding carboxylic acids is 3. The third kappa shape index (κ3) is 3.12. The molecule has 4 rings (SSSR count). The second kappa shape index (κ2) is 7.00. The van der Waals surface area contributed by atoms with Gasteiger partial charge in [-0.1, -0.05) is 11.6 Å². The van der Waals surface area contributed by atoms with Crippen LogP contribution in [-0.4, -0.2) is 46.8 Å². The third-order valence-electron chi connectivity index (χ3n) is 5.66. The minimum atomic E-state index is -0.805. The summed E-state index contributed by atoms with van der Waals surface area (Å²) in [6.07, 6.45) is 4.14. The van der Waals surface area contributed by atoms with Crippen LogP contribution < -0.4 is 10.6 Å². The number of amides is 3. The number of nitrogens with zero attached hydrogens (tertiary/aromatic N) is 1. The van der Waals surface area contributed by atoms with Crippen molar-refractivity contribution in [3.05, 3.63) is 34.9 Å². The van der Waals surface area contributed by atoms with Gasteiger partial charge in [-0.15, -0.1) is 12.4 Å². The highest BCUT2D eigenvalue weighted by Crippen LogP contribution is 2.28. The Bertz CT molecular complexity index is 754. The molecule has 3 heterocycles. The highest BCUT2D eigenvalue weighted by atomic mass is 35.5. The van der Waals surface area contributed by atoms with Crippen molar-refractivity contribution in [2.24, 2.45) is 0 Å². The van der Waals surface area contributed by atoms with Crippen molar-refractivity contribution >= 4 is 30.1 Å². The number of hydrogen-bond acceptors (Lipinski definition) is 4. The van der Waals surface area contributed by atoms with E-state index in [1.165, 1.54) is 0 Å². The Hall–Kier alpha value is -1.92.